The van der Waals surface area contributed by atoms with Crippen LogP contribution in [-0.2, 0) is 6.42 Å². The van der Waals surface area contributed by atoms with Gasteiger partial charge in [0.25, 0.3) is 0 Å². The molecule has 0 aliphatic rings. The minimum absolute atomic E-state index is 0.0704. The average molecular weight is 444 g/mol. The van der Waals surface area contributed by atoms with E-state index in [1.165, 1.54) is 5.56 Å². The second kappa shape index (κ2) is 9.68. The zero-order chi connectivity index (χ0) is 19.9. The second-order valence-electron chi connectivity index (χ2n) is 7.01. The summed E-state index contributed by atoms with van der Waals surface area (Å²) in [4.78, 5) is 12.5. The molecule has 28 heavy (non-hydrogen) atoms. The van der Waals surface area contributed by atoms with Crippen molar-refractivity contribution in [2.24, 2.45) is 0 Å². The van der Waals surface area contributed by atoms with Crippen molar-refractivity contribution in [3.05, 3.63) is 64.5 Å². The summed E-state index contributed by atoms with van der Waals surface area (Å²) in [5, 5.41) is 14.6. The minimum Gasteiger partial charge on any atom is -0.336 e. The number of fused-ring (bicyclic) bond motifs is 1. The third kappa shape index (κ3) is 5.32. The molecular formula is C21H26BrN5O. The number of pyridine rings is 1. The molecule has 0 aliphatic carbocycles. The number of nitrogens with zero attached hydrogens (tertiary/aromatic N) is 3. The number of carbonyl (C=O) groups is 1. The highest BCUT2D eigenvalue weighted by atomic mass is 79.9. The smallest absolute Gasteiger partial charge is 0.315 e. The van der Waals surface area contributed by atoms with Gasteiger partial charge in [0.05, 0.1) is 6.04 Å². The zero-order valence-corrected chi connectivity index (χ0v) is 17.8. The van der Waals surface area contributed by atoms with Crippen LogP contribution in [0.1, 0.15) is 50.5 Å². The van der Waals surface area contributed by atoms with Gasteiger partial charge in [0, 0.05) is 16.7 Å². The van der Waals surface area contributed by atoms with Crippen LogP contribution in [0.25, 0.3) is 5.65 Å². The fourth-order valence-electron chi connectivity index (χ4n) is 3.18. The molecule has 2 aromatic heterocycles. The molecule has 0 fully saturated rings. The molecule has 2 N–H and O–H groups in total. The first kappa shape index (κ1) is 20.3. The number of aryl methyl sites for hydroxylation is 1. The van der Waals surface area contributed by atoms with Crippen molar-refractivity contribution in [1.82, 2.24) is 25.2 Å². The predicted octanol–water partition coefficient (Wildman–Crippen LogP) is 4.65. The monoisotopic (exact) mass is 443 g/mol. The lowest BCUT2D eigenvalue weighted by Crippen LogP contribution is -2.43. The van der Waals surface area contributed by atoms with Crippen LogP contribution >= 0.6 is 15.9 Å². The van der Waals surface area contributed by atoms with Gasteiger partial charge in [0.2, 0.25) is 0 Å². The van der Waals surface area contributed by atoms with Gasteiger partial charge >= 0.3 is 6.03 Å². The van der Waals surface area contributed by atoms with Gasteiger partial charge in [0.15, 0.2) is 11.5 Å². The highest BCUT2D eigenvalue weighted by molar-refractivity contribution is 9.10. The third-order valence-electron chi connectivity index (χ3n) is 4.69. The Hall–Kier alpha value is -2.41. The summed E-state index contributed by atoms with van der Waals surface area (Å²) in [6, 6.07) is 13.8. The van der Waals surface area contributed by atoms with E-state index in [2.05, 4.69) is 55.8 Å². The van der Waals surface area contributed by atoms with E-state index in [1.54, 1.807) is 0 Å². The topological polar surface area (TPSA) is 71.3 Å². The molecule has 2 unspecified atom stereocenters. The molecule has 7 heteroatoms. The standard InChI is InChI=1S/C21H26BrN5O/c1-3-6-18(20-26-25-19-7-4-5-14-27(19)20)24-21(28)23-15(2)8-9-16-10-12-17(22)13-11-16/h4-5,7,10-15,18H,3,6,8-9H2,1-2H3,(H2,23,24,28). The molecule has 3 aromatic rings. The maximum atomic E-state index is 12.5. The molecular weight excluding hydrogens is 418 g/mol. The van der Waals surface area contributed by atoms with Crippen molar-refractivity contribution in [3.63, 3.8) is 0 Å². The number of carbonyl (C=O) groups excluding carboxylic acids is 1. The number of urea groups is 1. The summed E-state index contributed by atoms with van der Waals surface area (Å²) in [6.07, 6.45) is 5.46. The third-order valence-corrected chi connectivity index (χ3v) is 5.22. The second-order valence-corrected chi connectivity index (χ2v) is 7.93. The molecule has 0 aliphatic heterocycles. The van der Waals surface area contributed by atoms with Crippen molar-refractivity contribution in [2.75, 3.05) is 0 Å². The van der Waals surface area contributed by atoms with E-state index in [0.717, 1.165) is 41.6 Å². The normalized spacial score (nSPS) is 13.2. The SMILES string of the molecule is CCCC(NC(=O)NC(C)CCc1ccc(Br)cc1)c1nnc2ccccn12. The Bertz CT molecular complexity index is 909. The first-order chi connectivity index (χ1) is 13.6. The van der Waals surface area contributed by atoms with Crippen molar-refractivity contribution in [3.8, 4) is 0 Å². The number of nitrogens with one attached hydrogen (secondary N) is 2. The number of amides is 2. The molecule has 2 amide bonds. The first-order valence-electron chi connectivity index (χ1n) is 9.68. The number of benzene rings is 1. The fraction of sp³-hybridized carbons (Fsp3) is 0.381. The summed E-state index contributed by atoms with van der Waals surface area (Å²) in [7, 11) is 0. The molecule has 0 bridgehead atoms. The lowest BCUT2D eigenvalue weighted by Gasteiger charge is -2.20. The average Bonchev–Trinajstić information content (AvgIpc) is 3.11. The van der Waals surface area contributed by atoms with Crippen LogP contribution in [0, 0.1) is 0 Å². The van der Waals surface area contributed by atoms with Crippen molar-refractivity contribution in [1.29, 1.82) is 0 Å². The van der Waals surface area contributed by atoms with Crippen LogP contribution in [0.5, 0.6) is 0 Å². The molecule has 2 atom stereocenters. The van der Waals surface area contributed by atoms with E-state index in [0.29, 0.717) is 0 Å². The van der Waals surface area contributed by atoms with Gasteiger partial charge in [-0.15, -0.1) is 10.2 Å². The Morgan fingerprint density at radius 1 is 1.11 bits per heavy atom. The zero-order valence-electron chi connectivity index (χ0n) is 16.2. The number of halogens is 1. The molecule has 0 saturated heterocycles. The van der Waals surface area contributed by atoms with Crippen molar-refractivity contribution >= 4 is 27.6 Å². The van der Waals surface area contributed by atoms with Gasteiger partial charge in [-0.05, 0) is 56.0 Å². The largest absolute Gasteiger partial charge is 0.336 e. The Balaban J connectivity index is 1.57. The van der Waals surface area contributed by atoms with Gasteiger partial charge < -0.3 is 10.6 Å². The van der Waals surface area contributed by atoms with Crippen molar-refractivity contribution < 1.29 is 4.79 Å². The Kier molecular flexibility index (Phi) is 7.03. The molecule has 1 aromatic carbocycles. The molecule has 2 heterocycles. The highest BCUT2D eigenvalue weighted by Crippen LogP contribution is 2.18. The van der Waals surface area contributed by atoms with Crippen LogP contribution < -0.4 is 10.6 Å². The van der Waals surface area contributed by atoms with E-state index in [1.807, 2.05) is 47.9 Å². The fourth-order valence-corrected chi connectivity index (χ4v) is 3.45. The van der Waals surface area contributed by atoms with Gasteiger partial charge in [-0.2, -0.15) is 0 Å². The minimum atomic E-state index is -0.180. The van der Waals surface area contributed by atoms with E-state index < -0.39 is 0 Å². The van der Waals surface area contributed by atoms with Crippen LogP contribution in [0.15, 0.2) is 53.1 Å². The molecule has 0 spiro atoms. The lowest BCUT2D eigenvalue weighted by atomic mass is 10.1. The van der Waals surface area contributed by atoms with Crippen LogP contribution in [0.2, 0.25) is 0 Å². The summed E-state index contributed by atoms with van der Waals surface area (Å²) < 4.78 is 3.00. The predicted molar refractivity (Wildman–Crippen MR) is 114 cm³/mol. The number of hydrogen-bond donors (Lipinski definition) is 2. The first-order valence-corrected chi connectivity index (χ1v) is 10.5. The van der Waals surface area contributed by atoms with Gasteiger partial charge in [-0.3, -0.25) is 4.40 Å². The highest BCUT2D eigenvalue weighted by Gasteiger charge is 2.20. The van der Waals surface area contributed by atoms with Crippen molar-refractivity contribution in [2.45, 2.75) is 51.6 Å². The lowest BCUT2D eigenvalue weighted by molar-refractivity contribution is 0.232. The maximum Gasteiger partial charge on any atom is 0.315 e. The molecule has 0 saturated carbocycles. The molecule has 6 nitrogen and oxygen atoms in total. The van der Waals surface area contributed by atoms with Gasteiger partial charge in [-0.25, -0.2) is 4.79 Å². The van der Waals surface area contributed by atoms with E-state index in [-0.39, 0.29) is 18.1 Å². The maximum absolute atomic E-state index is 12.5. The summed E-state index contributed by atoms with van der Waals surface area (Å²) >= 11 is 3.45. The summed E-state index contributed by atoms with van der Waals surface area (Å²) in [5.41, 5.74) is 2.04. The summed E-state index contributed by atoms with van der Waals surface area (Å²) in [5.74, 6) is 0.759. The molecule has 3 rings (SSSR count). The summed E-state index contributed by atoms with van der Waals surface area (Å²) in [6.45, 7) is 4.12. The quantitative estimate of drug-likeness (QED) is 0.531. The molecule has 0 radical (unpaired) electrons. The van der Waals surface area contributed by atoms with Crippen LogP contribution in [0.3, 0.4) is 0 Å². The number of rotatable bonds is 8. The number of aromatic nitrogens is 3. The Labute approximate surface area is 173 Å². The van der Waals surface area contributed by atoms with E-state index in [9.17, 15) is 4.79 Å². The van der Waals surface area contributed by atoms with E-state index in [4.69, 9.17) is 0 Å². The number of hydrogen-bond acceptors (Lipinski definition) is 3. The van der Waals surface area contributed by atoms with Crippen LogP contribution in [-0.4, -0.2) is 26.7 Å². The van der Waals surface area contributed by atoms with E-state index >= 15 is 0 Å². The Morgan fingerprint density at radius 3 is 2.64 bits per heavy atom. The van der Waals surface area contributed by atoms with Gasteiger partial charge in [-0.1, -0.05) is 47.5 Å². The van der Waals surface area contributed by atoms with Gasteiger partial charge in [0.1, 0.15) is 0 Å². The van der Waals surface area contributed by atoms with Crippen LogP contribution in [0.4, 0.5) is 4.79 Å². The Morgan fingerprint density at radius 2 is 1.89 bits per heavy atom. The molecule has 148 valence electrons.